The predicted octanol–water partition coefficient (Wildman–Crippen LogP) is 6.84. The van der Waals surface area contributed by atoms with Crippen molar-refractivity contribution in [2.75, 3.05) is 10.0 Å². The monoisotopic (exact) mass is 640 g/mol. The van der Waals surface area contributed by atoms with Gasteiger partial charge in [0.1, 0.15) is 21.8 Å². The van der Waals surface area contributed by atoms with Gasteiger partial charge in [0.05, 0.1) is 28.1 Å². The second-order valence-electron chi connectivity index (χ2n) is 11.8. The van der Waals surface area contributed by atoms with E-state index < -0.39 is 27.5 Å². The number of fused-ring (bicyclic) bond motifs is 1. The van der Waals surface area contributed by atoms with Crippen LogP contribution in [0.2, 0.25) is 5.02 Å². The lowest BCUT2D eigenvalue weighted by Gasteiger charge is -2.30. The molecule has 1 fully saturated rings. The summed E-state index contributed by atoms with van der Waals surface area (Å²) in [6, 6.07) is 12.1. The van der Waals surface area contributed by atoms with Gasteiger partial charge in [0.2, 0.25) is 5.95 Å². The molecule has 1 aliphatic carbocycles. The van der Waals surface area contributed by atoms with Gasteiger partial charge in [0.25, 0.3) is 10.0 Å². The molecule has 0 saturated heterocycles. The largest absolute Gasteiger partial charge is 0.444 e. The van der Waals surface area contributed by atoms with Crippen LogP contribution in [0.15, 0.2) is 59.6 Å². The molecule has 3 N–H and O–H groups in total. The van der Waals surface area contributed by atoms with Crippen LogP contribution in [-0.2, 0) is 14.8 Å². The Labute approximate surface area is 260 Å². The Balaban J connectivity index is 1.25. The second kappa shape index (κ2) is 12.5. The van der Waals surface area contributed by atoms with Gasteiger partial charge in [-0.1, -0.05) is 29.8 Å². The number of nitrogens with zero attached hydrogens (tertiary/aromatic N) is 3. The summed E-state index contributed by atoms with van der Waals surface area (Å²) in [6.07, 6.45) is 4.53. The number of hydrogen-bond acceptors (Lipinski definition) is 8. The number of halogens is 2. The smallest absolute Gasteiger partial charge is 0.407 e. The van der Waals surface area contributed by atoms with Crippen LogP contribution >= 0.6 is 11.6 Å². The number of aryl methyl sites for hydroxylation is 1. The van der Waals surface area contributed by atoms with Gasteiger partial charge in [-0.05, 0) is 89.3 Å². The maximum Gasteiger partial charge on any atom is 0.407 e. The third-order valence-corrected chi connectivity index (χ3v) is 9.02. The molecule has 2 aromatic carbocycles. The van der Waals surface area contributed by atoms with E-state index in [-0.39, 0.29) is 27.7 Å². The first kappa shape index (κ1) is 31.4. The maximum atomic E-state index is 15.1. The zero-order valence-corrected chi connectivity index (χ0v) is 26.4. The van der Waals surface area contributed by atoms with Crippen molar-refractivity contribution in [2.45, 2.75) is 76.0 Å². The number of alkyl carbamates (subject to hydrolysis) is 1. The standard InChI is InChI=1S/C31H34ClFN6O4S/c1-18-15-25(19-9-14-24(23(33)16-19)39-44(41,42)27-8-6-5-7-22(27)32)37-26-17-34-29(38-28(18)26)35-20-10-12-21(13-11-20)36-30(40)43-31(2,3)4/h5-9,14-17,20-21,39H,10-13H2,1-4H3,(H,36,40)(H,34,35,38)/t20-,21-. The van der Waals surface area contributed by atoms with E-state index in [1.165, 1.54) is 30.3 Å². The molecular weight excluding hydrogens is 607 g/mol. The minimum Gasteiger partial charge on any atom is -0.444 e. The summed E-state index contributed by atoms with van der Waals surface area (Å²) in [5.74, 6) is -0.274. The van der Waals surface area contributed by atoms with E-state index >= 15 is 4.39 Å². The SMILES string of the molecule is Cc1cc(-c2ccc(NS(=O)(=O)c3ccccc3Cl)c(F)c2)nc2cnc(N[C@H]3CC[C@H](NC(=O)OC(C)(C)C)CC3)nc12. The summed E-state index contributed by atoms with van der Waals surface area (Å²) in [6.45, 7) is 7.40. The van der Waals surface area contributed by atoms with Gasteiger partial charge in [-0.3, -0.25) is 4.72 Å². The minimum absolute atomic E-state index is 0.0356. The molecule has 0 bridgehead atoms. The van der Waals surface area contributed by atoms with Crippen molar-refractivity contribution in [1.82, 2.24) is 20.3 Å². The third-order valence-electron chi connectivity index (χ3n) is 7.15. The fraction of sp³-hybridized carbons (Fsp3) is 0.355. The predicted molar refractivity (Wildman–Crippen MR) is 169 cm³/mol. The molecule has 1 amide bonds. The number of amides is 1. The summed E-state index contributed by atoms with van der Waals surface area (Å²) in [5.41, 5.74) is 2.24. The molecule has 0 aliphatic heterocycles. The van der Waals surface area contributed by atoms with Crippen LogP contribution < -0.4 is 15.4 Å². The molecule has 1 saturated carbocycles. The van der Waals surface area contributed by atoms with E-state index in [4.69, 9.17) is 16.3 Å². The van der Waals surface area contributed by atoms with Gasteiger partial charge in [-0.25, -0.2) is 32.6 Å². The number of sulfonamides is 1. The molecule has 44 heavy (non-hydrogen) atoms. The van der Waals surface area contributed by atoms with Gasteiger partial charge in [-0.2, -0.15) is 0 Å². The van der Waals surface area contributed by atoms with Crippen LogP contribution in [0.4, 0.5) is 20.8 Å². The van der Waals surface area contributed by atoms with Crippen LogP contribution in [0.25, 0.3) is 22.3 Å². The van der Waals surface area contributed by atoms with Crippen LogP contribution in [-0.4, -0.2) is 47.1 Å². The van der Waals surface area contributed by atoms with Crippen molar-refractivity contribution in [3.05, 3.63) is 71.1 Å². The number of anilines is 2. The van der Waals surface area contributed by atoms with Crippen molar-refractivity contribution in [2.24, 2.45) is 0 Å². The molecule has 0 atom stereocenters. The zero-order chi connectivity index (χ0) is 31.6. The zero-order valence-electron chi connectivity index (χ0n) is 24.8. The fourth-order valence-electron chi connectivity index (χ4n) is 5.06. The topological polar surface area (TPSA) is 135 Å². The highest BCUT2D eigenvalue weighted by Gasteiger charge is 2.25. The first-order valence-corrected chi connectivity index (χ1v) is 16.1. The second-order valence-corrected chi connectivity index (χ2v) is 13.9. The summed E-state index contributed by atoms with van der Waals surface area (Å²) in [7, 11) is -4.09. The number of nitrogens with one attached hydrogen (secondary N) is 3. The van der Waals surface area contributed by atoms with Crippen molar-refractivity contribution in [3.63, 3.8) is 0 Å². The number of benzene rings is 2. The summed E-state index contributed by atoms with van der Waals surface area (Å²) < 4.78 is 48.2. The lowest BCUT2D eigenvalue weighted by Crippen LogP contribution is -2.42. The molecule has 0 radical (unpaired) electrons. The molecule has 5 rings (SSSR count). The van der Waals surface area contributed by atoms with Crippen LogP contribution in [0.1, 0.15) is 52.0 Å². The van der Waals surface area contributed by atoms with Crippen LogP contribution in [0.5, 0.6) is 0 Å². The van der Waals surface area contributed by atoms with Crippen LogP contribution in [0, 0.1) is 12.7 Å². The normalized spacial score (nSPS) is 17.2. The average Bonchev–Trinajstić information content (AvgIpc) is 2.94. The highest BCUT2D eigenvalue weighted by Crippen LogP contribution is 2.30. The minimum atomic E-state index is -4.09. The van der Waals surface area contributed by atoms with Gasteiger partial charge in [0, 0.05) is 17.6 Å². The fourth-order valence-corrected chi connectivity index (χ4v) is 6.65. The van der Waals surface area contributed by atoms with E-state index in [2.05, 4.69) is 30.3 Å². The Morgan fingerprint density at radius 2 is 1.73 bits per heavy atom. The first-order valence-electron chi connectivity index (χ1n) is 14.2. The molecule has 13 heteroatoms. The van der Waals surface area contributed by atoms with Crippen LogP contribution in [0.3, 0.4) is 0 Å². The lowest BCUT2D eigenvalue weighted by molar-refractivity contribution is 0.0492. The number of ether oxygens (including phenoxy) is 1. The number of hydrogen-bond donors (Lipinski definition) is 3. The van der Waals surface area contributed by atoms with Gasteiger partial charge in [-0.15, -0.1) is 0 Å². The highest BCUT2D eigenvalue weighted by atomic mass is 35.5. The Kier molecular flexibility index (Phi) is 8.94. The molecular formula is C31H34ClFN6O4S. The summed E-state index contributed by atoms with van der Waals surface area (Å²) in [4.78, 5) is 25.7. The van der Waals surface area contributed by atoms with E-state index in [0.29, 0.717) is 28.2 Å². The van der Waals surface area contributed by atoms with Gasteiger partial charge < -0.3 is 15.4 Å². The Morgan fingerprint density at radius 1 is 1.02 bits per heavy atom. The molecule has 0 spiro atoms. The lowest BCUT2D eigenvalue weighted by atomic mass is 9.91. The van der Waals surface area contributed by atoms with E-state index in [0.717, 1.165) is 31.2 Å². The van der Waals surface area contributed by atoms with Crippen molar-refractivity contribution >= 4 is 50.4 Å². The van der Waals surface area contributed by atoms with E-state index in [1.807, 2.05) is 27.7 Å². The van der Waals surface area contributed by atoms with Crippen molar-refractivity contribution < 1.29 is 22.3 Å². The summed E-state index contributed by atoms with van der Waals surface area (Å²) >= 11 is 6.03. The maximum absolute atomic E-state index is 15.1. The molecule has 2 heterocycles. The highest BCUT2D eigenvalue weighted by molar-refractivity contribution is 7.92. The Bertz CT molecular complexity index is 1810. The third kappa shape index (κ3) is 7.54. The number of aromatic nitrogens is 3. The number of rotatable bonds is 7. The first-order chi connectivity index (χ1) is 20.8. The van der Waals surface area contributed by atoms with Crippen molar-refractivity contribution in [3.8, 4) is 11.3 Å². The Hall–Kier alpha value is -4.03. The van der Waals surface area contributed by atoms with Crippen molar-refractivity contribution in [1.29, 1.82) is 0 Å². The molecule has 232 valence electrons. The Morgan fingerprint density at radius 3 is 2.41 bits per heavy atom. The van der Waals surface area contributed by atoms with E-state index in [9.17, 15) is 13.2 Å². The number of carbonyl (C=O) groups excluding carboxylic acids is 1. The number of carbonyl (C=O) groups is 1. The van der Waals surface area contributed by atoms with Gasteiger partial charge in [0.15, 0.2) is 0 Å². The van der Waals surface area contributed by atoms with E-state index in [1.54, 1.807) is 24.4 Å². The molecule has 0 unspecified atom stereocenters. The quantitative estimate of drug-likeness (QED) is 0.200. The van der Waals surface area contributed by atoms with Gasteiger partial charge >= 0.3 is 6.09 Å². The number of pyridine rings is 1. The molecule has 10 nitrogen and oxygen atoms in total. The average molecular weight is 641 g/mol. The molecule has 2 aromatic heterocycles. The summed E-state index contributed by atoms with van der Waals surface area (Å²) in [5, 5.41) is 6.38. The molecule has 1 aliphatic rings. The molecule has 4 aromatic rings.